The molecule has 0 bridgehead atoms. The highest BCUT2D eigenvalue weighted by atomic mass is 35.5. The van der Waals surface area contributed by atoms with Gasteiger partial charge in [-0.15, -0.1) is 10.2 Å². The van der Waals surface area contributed by atoms with Crippen molar-refractivity contribution in [1.29, 1.82) is 0 Å². The lowest BCUT2D eigenvalue weighted by atomic mass is 10.0. The van der Waals surface area contributed by atoms with Crippen LogP contribution in [0.4, 0.5) is 0 Å². The van der Waals surface area contributed by atoms with Crippen LogP contribution in [0.25, 0.3) is 5.69 Å². The van der Waals surface area contributed by atoms with Gasteiger partial charge in [0, 0.05) is 16.1 Å². The van der Waals surface area contributed by atoms with E-state index in [0.717, 1.165) is 4.90 Å². The lowest BCUT2D eigenvalue weighted by Gasteiger charge is -2.15. The quantitative estimate of drug-likeness (QED) is 0.309. The second kappa shape index (κ2) is 9.55. The van der Waals surface area contributed by atoms with Gasteiger partial charge in [0.1, 0.15) is 12.9 Å². The molecule has 1 aliphatic rings. The van der Waals surface area contributed by atoms with Crippen LogP contribution in [0.5, 0.6) is 0 Å². The van der Waals surface area contributed by atoms with E-state index < -0.39 is 24.3 Å². The van der Waals surface area contributed by atoms with Crippen LogP contribution in [-0.4, -0.2) is 49.7 Å². The van der Waals surface area contributed by atoms with Crippen LogP contribution in [0.3, 0.4) is 0 Å². The molecular formula is C26H18ClN5O4. The first-order valence-electron chi connectivity index (χ1n) is 10.9. The van der Waals surface area contributed by atoms with Gasteiger partial charge in [-0.1, -0.05) is 54.1 Å². The molecule has 2 heterocycles. The smallest absolute Gasteiger partial charge is 0.262 e. The zero-order valence-corrected chi connectivity index (χ0v) is 19.5. The molecule has 10 heteroatoms. The SMILES string of the molecule is O=C(CN1C(=O)c2ccccc2C1=O)NCc1nncn1-c1ccc(Cl)cc1C(=O)c1ccccc1. The number of imide groups is 1. The largest absolute Gasteiger partial charge is 0.347 e. The Morgan fingerprint density at radius 3 is 2.25 bits per heavy atom. The normalized spacial score (nSPS) is 12.5. The number of ketones is 1. The lowest BCUT2D eigenvalue weighted by Crippen LogP contribution is -2.40. The average molecular weight is 500 g/mol. The number of hydrogen-bond acceptors (Lipinski definition) is 6. The standard InChI is InChI=1S/C26H18ClN5O4/c27-17-10-11-21(20(12-17)24(34)16-6-2-1-3-7-16)32-15-29-30-22(32)13-28-23(33)14-31-25(35)18-8-4-5-9-19(18)26(31)36/h1-12,15H,13-14H2,(H,28,33). The molecule has 0 saturated carbocycles. The molecule has 1 aromatic heterocycles. The van der Waals surface area contributed by atoms with Crippen molar-refractivity contribution in [3.05, 3.63) is 112 Å². The molecule has 0 spiro atoms. The fraction of sp³-hybridized carbons (Fsp3) is 0.0769. The highest BCUT2D eigenvalue weighted by molar-refractivity contribution is 6.31. The summed E-state index contributed by atoms with van der Waals surface area (Å²) in [5.41, 5.74) is 1.86. The average Bonchev–Trinajstić information content (AvgIpc) is 3.46. The van der Waals surface area contributed by atoms with E-state index in [0.29, 0.717) is 27.7 Å². The number of hydrogen-bond donors (Lipinski definition) is 1. The van der Waals surface area contributed by atoms with E-state index in [1.165, 1.54) is 6.33 Å². The number of carbonyl (C=O) groups is 4. The fourth-order valence-electron chi connectivity index (χ4n) is 3.99. The van der Waals surface area contributed by atoms with E-state index in [1.54, 1.807) is 71.3 Å². The molecule has 9 nitrogen and oxygen atoms in total. The maximum atomic E-state index is 13.2. The highest BCUT2D eigenvalue weighted by Gasteiger charge is 2.36. The number of rotatable bonds is 7. The molecule has 1 N–H and O–H groups in total. The highest BCUT2D eigenvalue weighted by Crippen LogP contribution is 2.24. The van der Waals surface area contributed by atoms with E-state index in [1.807, 2.05) is 6.07 Å². The summed E-state index contributed by atoms with van der Waals surface area (Å²) in [6.45, 7) is -0.483. The van der Waals surface area contributed by atoms with Gasteiger partial charge >= 0.3 is 0 Å². The van der Waals surface area contributed by atoms with Gasteiger partial charge in [0.15, 0.2) is 11.6 Å². The van der Waals surface area contributed by atoms with E-state index in [4.69, 9.17) is 11.6 Å². The van der Waals surface area contributed by atoms with Crippen molar-refractivity contribution in [2.75, 3.05) is 6.54 Å². The molecule has 0 aliphatic carbocycles. The lowest BCUT2D eigenvalue weighted by molar-refractivity contribution is -0.121. The predicted molar refractivity (Wildman–Crippen MR) is 130 cm³/mol. The van der Waals surface area contributed by atoms with Crippen molar-refractivity contribution in [3.8, 4) is 5.69 Å². The predicted octanol–water partition coefficient (Wildman–Crippen LogP) is 3.06. The first-order chi connectivity index (χ1) is 17.4. The molecule has 3 aromatic carbocycles. The van der Waals surface area contributed by atoms with Crippen molar-refractivity contribution < 1.29 is 19.2 Å². The van der Waals surface area contributed by atoms with Gasteiger partial charge < -0.3 is 5.32 Å². The van der Waals surface area contributed by atoms with E-state index in [9.17, 15) is 19.2 Å². The molecule has 0 atom stereocenters. The minimum absolute atomic E-state index is 0.0520. The van der Waals surface area contributed by atoms with Crippen LogP contribution in [0.1, 0.15) is 42.5 Å². The Hall–Kier alpha value is -4.63. The Morgan fingerprint density at radius 1 is 0.889 bits per heavy atom. The van der Waals surface area contributed by atoms with Gasteiger partial charge in [0.05, 0.1) is 23.4 Å². The van der Waals surface area contributed by atoms with Crippen LogP contribution < -0.4 is 5.32 Å². The molecule has 0 fully saturated rings. The van der Waals surface area contributed by atoms with Crippen molar-refractivity contribution >= 4 is 35.1 Å². The number of carbonyl (C=O) groups excluding carboxylic acids is 4. The number of amides is 3. The van der Waals surface area contributed by atoms with Gasteiger partial charge in [-0.2, -0.15) is 0 Å². The Kier molecular flexibility index (Phi) is 6.14. The third-order valence-electron chi connectivity index (χ3n) is 5.74. The van der Waals surface area contributed by atoms with Crippen molar-refractivity contribution in [2.24, 2.45) is 0 Å². The van der Waals surface area contributed by atoms with Crippen LogP contribution >= 0.6 is 11.6 Å². The molecule has 1 aliphatic heterocycles. The topological polar surface area (TPSA) is 114 Å². The number of halogens is 1. The second-order valence-electron chi connectivity index (χ2n) is 7.99. The van der Waals surface area contributed by atoms with Crippen molar-refractivity contribution in [3.63, 3.8) is 0 Å². The molecule has 0 unspecified atom stereocenters. The molecular weight excluding hydrogens is 482 g/mol. The van der Waals surface area contributed by atoms with Crippen molar-refractivity contribution in [2.45, 2.75) is 6.54 Å². The van der Waals surface area contributed by atoms with Crippen LogP contribution in [-0.2, 0) is 11.3 Å². The first kappa shape index (κ1) is 23.1. The van der Waals surface area contributed by atoms with Gasteiger partial charge in [-0.05, 0) is 30.3 Å². The summed E-state index contributed by atoms with van der Waals surface area (Å²) in [6, 6.07) is 20.1. The van der Waals surface area contributed by atoms with Gasteiger partial charge in [-0.3, -0.25) is 28.6 Å². The summed E-state index contributed by atoms with van der Waals surface area (Å²) in [5.74, 6) is -1.47. The minimum Gasteiger partial charge on any atom is -0.347 e. The first-order valence-corrected chi connectivity index (χ1v) is 11.3. The number of fused-ring (bicyclic) bond motifs is 1. The maximum absolute atomic E-state index is 13.2. The van der Waals surface area contributed by atoms with E-state index in [-0.39, 0.29) is 23.5 Å². The summed E-state index contributed by atoms with van der Waals surface area (Å²) in [6.07, 6.45) is 1.43. The van der Waals surface area contributed by atoms with Gasteiger partial charge in [0.2, 0.25) is 5.91 Å². The van der Waals surface area contributed by atoms with Crippen LogP contribution in [0, 0.1) is 0 Å². The third kappa shape index (κ3) is 4.27. The molecule has 0 radical (unpaired) electrons. The van der Waals surface area contributed by atoms with E-state index in [2.05, 4.69) is 15.5 Å². The molecule has 5 rings (SSSR count). The molecule has 36 heavy (non-hydrogen) atoms. The van der Waals surface area contributed by atoms with Crippen LogP contribution in [0.2, 0.25) is 5.02 Å². The molecule has 4 aromatic rings. The Balaban J connectivity index is 1.33. The molecule has 3 amide bonds. The Bertz CT molecular complexity index is 1480. The maximum Gasteiger partial charge on any atom is 0.262 e. The van der Waals surface area contributed by atoms with Gasteiger partial charge in [-0.25, -0.2) is 0 Å². The number of nitrogens with zero attached hydrogens (tertiary/aromatic N) is 4. The zero-order chi connectivity index (χ0) is 25.2. The second-order valence-corrected chi connectivity index (χ2v) is 8.43. The van der Waals surface area contributed by atoms with Crippen LogP contribution in [0.15, 0.2) is 79.1 Å². The molecule has 0 saturated heterocycles. The monoisotopic (exact) mass is 499 g/mol. The third-order valence-corrected chi connectivity index (χ3v) is 5.98. The number of aromatic nitrogens is 3. The summed E-state index contributed by atoms with van der Waals surface area (Å²) in [5, 5.41) is 11.0. The Morgan fingerprint density at radius 2 is 1.56 bits per heavy atom. The summed E-state index contributed by atoms with van der Waals surface area (Å²) in [7, 11) is 0. The van der Waals surface area contributed by atoms with Crippen molar-refractivity contribution in [1.82, 2.24) is 25.0 Å². The number of benzene rings is 3. The summed E-state index contributed by atoms with van der Waals surface area (Å²) >= 11 is 6.18. The summed E-state index contributed by atoms with van der Waals surface area (Å²) in [4.78, 5) is 51.7. The zero-order valence-electron chi connectivity index (χ0n) is 18.7. The fourth-order valence-corrected chi connectivity index (χ4v) is 4.16. The summed E-state index contributed by atoms with van der Waals surface area (Å²) < 4.78 is 1.58. The Labute approximate surface area is 210 Å². The minimum atomic E-state index is -0.546. The number of nitrogens with one attached hydrogen (secondary N) is 1. The van der Waals surface area contributed by atoms with E-state index >= 15 is 0 Å². The molecule has 178 valence electrons. The van der Waals surface area contributed by atoms with Gasteiger partial charge in [0.25, 0.3) is 11.8 Å².